The number of hydrogen-bond acceptors (Lipinski definition) is 4. The standard InChI is InChI=1S/C23H17Cl2N3O2S/c24-17-10-6-12-19(21(17)25)26-20(29)14-31-23-27-18-11-5-4-9-16(18)22(30)28(23)13-15-7-2-1-3-8-15/h1-12H,13-14H2,(H,26,29). The van der Waals surface area contributed by atoms with Gasteiger partial charge in [-0.1, -0.05) is 83.5 Å². The van der Waals surface area contributed by atoms with Crippen molar-refractivity contribution in [3.05, 3.63) is 98.8 Å². The van der Waals surface area contributed by atoms with E-state index in [2.05, 4.69) is 10.3 Å². The summed E-state index contributed by atoms with van der Waals surface area (Å²) in [7, 11) is 0. The molecule has 5 nitrogen and oxygen atoms in total. The van der Waals surface area contributed by atoms with Gasteiger partial charge in [-0.05, 0) is 29.8 Å². The topological polar surface area (TPSA) is 64.0 Å². The van der Waals surface area contributed by atoms with Crippen LogP contribution in [-0.4, -0.2) is 21.2 Å². The fraction of sp³-hybridized carbons (Fsp3) is 0.0870. The van der Waals surface area contributed by atoms with Crippen LogP contribution in [0.15, 0.2) is 82.7 Å². The second-order valence-electron chi connectivity index (χ2n) is 6.73. The monoisotopic (exact) mass is 469 g/mol. The van der Waals surface area contributed by atoms with Crippen molar-refractivity contribution in [3.63, 3.8) is 0 Å². The first-order valence-electron chi connectivity index (χ1n) is 9.43. The van der Waals surface area contributed by atoms with Crippen molar-refractivity contribution in [1.29, 1.82) is 0 Å². The van der Waals surface area contributed by atoms with Crippen molar-refractivity contribution in [2.24, 2.45) is 0 Å². The normalized spacial score (nSPS) is 10.9. The van der Waals surface area contributed by atoms with Crippen LogP contribution in [0.25, 0.3) is 10.9 Å². The molecule has 156 valence electrons. The summed E-state index contributed by atoms with van der Waals surface area (Å²) in [6, 6.07) is 21.9. The molecule has 1 aromatic heterocycles. The second kappa shape index (κ2) is 9.56. The molecule has 0 saturated heterocycles. The first-order valence-corrected chi connectivity index (χ1v) is 11.2. The highest BCUT2D eigenvalue weighted by Crippen LogP contribution is 2.29. The molecule has 8 heteroatoms. The number of nitrogens with one attached hydrogen (secondary N) is 1. The summed E-state index contributed by atoms with van der Waals surface area (Å²) in [6.07, 6.45) is 0. The molecule has 3 aromatic carbocycles. The van der Waals surface area contributed by atoms with Gasteiger partial charge in [0.1, 0.15) is 0 Å². The number of para-hydroxylation sites is 1. The molecule has 1 heterocycles. The first-order chi connectivity index (χ1) is 15.0. The maximum atomic E-state index is 13.1. The number of carbonyl (C=O) groups excluding carboxylic acids is 1. The summed E-state index contributed by atoms with van der Waals surface area (Å²) < 4.78 is 1.60. The zero-order chi connectivity index (χ0) is 21.8. The van der Waals surface area contributed by atoms with E-state index in [9.17, 15) is 9.59 Å². The van der Waals surface area contributed by atoms with Crippen LogP contribution in [0.3, 0.4) is 0 Å². The molecule has 0 fully saturated rings. The number of anilines is 1. The molecule has 0 aliphatic carbocycles. The van der Waals surface area contributed by atoms with E-state index in [1.165, 1.54) is 11.8 Å². The minimum Gasteiger partial charge on any atom is -0.324 e. The Bertz CT molecular complexity index is 1310. The molecule has 0 atom stereocenters. The zero-order valence-corrected chi connectivity index (χ0v) is 18.5. The summed E-state index contributed by atoms with van der Waals surface area (Å²) in [4.78, 5) is 30.3. The van der Waals surface area contributed by atoms with Gasteiger partial charge in [0.05, 0.1) is 38.9 Å². The van der Waals surface area contributed by atoms with Gasteiger partial charge in [0.2, 0.25) is 5.91 Å². The Balaban J connectivity index is 1.61. The van der Waals surface area contributed by atoms with E-state index < -0.39 is 0 Å². The van der Waals surface area contributed by atoms with Crippen LogP contribution in [0.2, 0.25) is 10.0 Å². The number of rotatable bonds is 6. The lowest BCUT2D eigenvalue weighted by molar-refractivity contribution is -0.113. The van der Waals surface area contributed by atoms with E-state index in [1.54, 1.807) is 34.9 Å². The summed E-state index contributed by atoms with van der Waals surface area (Å²) in [5, 5.41) is 4.41. The molecule has 4 rings (SSSR count). The third-order valence-corrected chi connectivity index (χ3v) is 6.36. The Hall–Kier alpha value is -2.80. The Labute approximate surface area is 193 Å². The lowest BCUT2D eigenvalue weighted by atomic mass is 10.2. The Morgan fingerprint density at radius 3 is 2.52 bits per heavy atom. The molecule has 0 unspecified atom stereocenters. The van der Waals surface area contributed by atoms with Crippen LogP contribution in [0, 0.1) is 0 Å². The lowest BCUT2D eigenvalue weighted by Crippen LogP contribution is -2.24. The van der Waals surface area contributed by atoms with E-state index in [0.717, 1.165) is 5.56 Å². The van der Waals surface area contributed by atoms with Crippen LogP contribution in [0.4, 0.5) is 5.69 Å². The number of thioether (sulfide) groups is 1. The Morgan fingerprint density at radius 1 is 0.968 bits per heavy atom. The van der Waals surface area contributed by atoms with Gasteiger partial charge in [-0.15, -0.1) is 0 Å². The molecule has 0 aliphatic rings. The maximum Gasteiger partial charge on any atom is 0.262 e. The van der Waals surface area contributed by atoms with Crippen LogP contribution < -0.4 is 10.9 Å². The van der Waals surface area contributed by atoms with Gasteiger partial charge in [-0.3, -0.25) is 14.2 Å². The second-order valence-corrected chi connectivity index (χ2v) is 8.45. The molecular formula is C23H17Cl2N3O2S. The molecule has 0 saturated carbocycles. The largest absolute Gasteiger partial charge is 0.324 e. The fourth-order valence-electron chi connectivity index (χ4n) is 3.08. The predicted octanol–water partition coefficient (Wildman–Crippen LogP) is 5.48. The molecule has 1 amide bonds. The molecule has 1 N–H and O–H groups in total. The van der Waals surface area contributed by atoms with E-state index in [-0.39, 0.29) is 22.2 Å². The average Bonchev–Trinajstić information content (AvgIpc) is 2.78. The van der Waals surface area contributed by atoms with Crippen molar-refractivity contribution in [2.75, 3.05) is 11.1 Å². The number of fused-ring (bicyclic) bond motifs is 1. The molecular weight excluding hydrogens is 453 g/mol. The van der Waals surface area contributed by atoms with Crippen molar-refractivity contribution < 1.29 is 4.79 Å². The number of aromatic nitrogens is 2. The third kappa shape index (κ3) is 4.93. The summed E-state index contributed by atoms with van der Waals surface area (Å²) in [5.41, 5.74) is 1.86. The minimum atomic E-state index is -0.275. The molecule has 0 radical (unpaired) electrons. The van der Waals surface area contributed by atoms with Gasteiger partial charge in [-0.25, -0.2) is 4.98 Å². The molecule has 0 bridgehead atoms. The van der Waals surface area contributed by atoms with Gasteiger partial charge < -0.3 is 5.32 Å². The van der Waals surface area contributed by atoms with Crippen LogP contribution in [0.5, 0.6) is 0 Å². The summed E-state index contributed by atoms with van der Waals surface area (Å²) in [5.74, 6) is -0.217. The number of carbonyl (C=O) groups is 1. The SMILES string of the molecule is O=C(CSc1nc2ccccc2c(=O)n1Cc1ccccc1)Nc1cccc(Cl)c1Cl. The number of amides is 1. The maximum absolute atomic E-state index is 13.1. The highest BCUT2D eigenvalue weighted by atomic mass is 35.5. The van der Waals surface area contributed by atoms with E-state index in [1.807, 2.05) is 42.5 Å². The van der Waals surface area contributed by atoms with Crippen molar-refractivity contribution >= 4 is 57.5 Å². The van der Waals surface area contributed by atoms with Crippen LogP contribution >= 0.6 is 35.0 Å². The number of hydrogen-bond donors (Lipinski definition) is 1. The van der Waals surface area contributed by atoms with Crippen molar-refractivity contribution in [2.45, 2.75) is 11.7 Å². The zero-order valence-electron chi connectivity index (χ0n) is 16.2. The average molecular weight is 470 g/mol. The van der Waals surface area contributed by atoms with Crippen LogP contribution in [0.1, 0.15) is 5.56 Å². The van der Waals surface area contributed by atoms with Crippen molar-refractivity contribution in [1.82, 2.24) is 9.55 Å². The molecule has 0 spiro atoms. The quantitative estimate of drug-likeness (QED) is 0.299. The Kier molecular flexibility index (Phi) is 6.61. The van der Waals surface area contributed by atoms with Gasteiger partial charge >= 0.3 is 0 Å². The fourth-order valence-corrected chi connectivity index (χ4v) is 4.23. The van der Waals surface area contributed by atoms with Crippen molar-refractivity contribution in [3.8, 4) is 0 Å². The highest BCUT2D eigenvalue weighted by molar-refractivity contribution is 7.99. The van der Waals surface area contributed by atoms with Gasteiger partial charge in [0.15, 0.2) is 5.16 Å². The Morgan fingerprint density at radius 2 is 1.71 bits per heavy atom. The smallest absolute Gasteiger partial charge is 0.262 e. The third-order valence-electron chi connectivity index (χ3n) is 4.57. The number of halogens is 2. The van der Waals surface area contributed by atoms with Crippen LogP contribution in [-0.2, 0) is 11.3 Å². The highest BCUT2D eigenvalue weighted by Gasteiger charge is 2.15. The molecule has 31 heavy (non-hydrogen) atoms. The van der Waals surface area contributed by atoms with Gasteiger partial charge in [-0.2, -0.15) is 0 Å². The van der Waals surface area contributed by atoms with Gasteiger partial charge in [0, 0.05) is 0 Å². The summed E-state index contributed by atoms with van der Waals surface area (Å²) >= 11 is 13.3. The predicted molar refractivity (Wildman–Crippen MR) is 127 cm³/mol. The van der Waals surface area contributed by atoms with E-state index >= 15 is 0 Å². The van der Waals surface area contributed by atoms with E-state index in [0.29, 0.717) is 33.3 Å². The first kappa shape index (κ1) is 21.4. The molecule has 4 aromatic rings. The lowest BCUT2D eigenvalue weighted by Gasteiger charge is -2.13. The molecule has 0 aliphatic heterocycles. The summed E-state index contributed by atoms with van der Waals surface area (Å²) in [6.45, 7) is 0.363. The number of benzene rings is 3. The van der Waals surface area contributed by atoms with Gasteiger partial charge in [0.25, 0.3) is 5.56 Å². The number of nitrogens with zero attached hydrogens (tertiary/aromatic N) is 2. The minimum absolute atomic E-state index is 0.0579. The van der Waals surface area contributed by atoms with E-state index in [4.69, 9.17) is 23.2 Å².